The van der Waals surface area contributed by atoms with Crippen LogP contribution < -0.4 is 5.32 Å². The first-order chi connectivity index (χ1) is 12.5. The van der Waals surface area contributed by atoms with E-state index in [2.05, 4.69) is 5.32 Å². The maximum absolute atomic E-state index is 12.8. The number of thiophene rings is 1. The zero-order valence-corrected chi connectivity index (χ0v) is 16.5. The summed E-state index contributed by atoms with van der Waals surface area (Å²) >= 11 is 1.66. The van der Waals surface area contributed by atoms with Crippen molar-refractivity contribution in [3.63, 3.8) is 0 Å². The van der Waals surface area contributed by atoms with E-state index in [-0.39, 0.29) is 10.8 Å². The highest BCUT2D eigenvalue weighted by molar-refractivity contribution is 7.89. The van der Waals surface area contributed by atoms with Crippen molar-refractivity contribution < 1.29 is 13.2 Å². The predicted octanol–water partition coefficient (Wildman–Crippen LogP) is 3.20. The van der Waals surface area contributed by atoms with Crippen LogP contribution in [-0.4, -0.2) is 38.3 Å². The molecule has 1 N–H and O–H groups in total. The number of hydrogen-bond acceptors (Lipinski definition) is 4. The number of nitrogens with one attached hydrogen (secondary N) is 1. The monoisotopic (exact) mass is 392 g/mol. The molecule has 1 aromatic heterocycles. The summed E-state index contributed by atoms with van der Waals surface area (Å²) < 4.78 is 27.2. The summed E-state index contributed by atoms with van der Waals surface area (Å²) in [5, 5.41) is 4.91. The number of carbonyl (C=O) groups excluding carboxylic acids is 1. The van der Waals surface area contributed by atoms with Gasteiger partial charge < -0.3 is 5.32 Å². The molecule has 0 saturated carbocycles. The minimum Gasteiger partial charge on any atom is -0.352 e. The molecular formula is C19H24N2O3S2. The molecule has 3 rings (SSSR count). The normalized spacial score (nSPS) is 15.7. The molecule has 0 spiro atoms. The molecule has 0 aliphatic carbocycles. The van der Waals surface area contributed by atoms with E-state index >= 15 is 0 Å². The van der Waals surface area contributed by atoms with Gasteiger partial charge in [0.15, 0.2) is 0 Å². The Morgan fingerprint density at radius 2 is 1.96 bits per heavy atom. The van der Waals surface area contributed by atoms with Crippen LogP contribution in [0.3, 0.4) is 0 Å². The van der Waals surface area contributed by atoms with E-state index < -0.39 is 10.0 Å². The van der Waals surface area contributed by atoms with Gasteiger partial charge in [-0.15, -0.1) is 11.3 Å². The van der Waals surface area contributed by atoms with Crippen molar-refractivity contribution in [3.8, 4) is 0 Å². The van der Waals surface area contributed by atoms with Crippen LogP contribution in [0.5, 0.6) is 0 Å². The Balaban J connectivity index is 1.73. The van der Waals surface area contributed by atoms with Gasteiger partial charge >= 0.3 is 0 Å². The lowest BCUT2D eigenvalue weighted by atomic mass is 10.1. The van der Waals surface area contributed by atoms with Gasteiger partial charge in [-0.2, -0.15) is 4.31 Å². The molecular weight excluding hydrogens is 368 g/mol. The Kier molecular flexibility index (Phi) is 6.11. The lowest BCUT2D eigenvalue weighted by molar-refractivity contribution is 0.0953. The van der Waals surface area contributed by atoms with E-state index in [0.29, 0.717) is 25.2 Å². The average Bonchev–Trinajstić information content (AvgIpc) is 3.16. The zero-order chi connectivity index (χ0) is 18.6. The molecule has 26 heavy (non-hydrogen) atoms. The molecule has 140 valence electrons. The van der Waals surface area contributed by atoms with Crippen LogP contribution in [0.4, 0.5) is 0 Å². The lowest BCUT2D eigenvalue weighted by Gasteiger charge is -2.26. The minimum atomic E-state index is -3.54. The smallest absolute Gasteiger partial charge is 0.251 e. The molecule has 5 nitrogen and oxygen atoms in total. The predicted molar refractivity (Wildman–Crippen MR) is 104 cm³/mol. The largest absolute Gasteiger partial charge is 0.352 e. The van der Waals surface area contributed by atoms with E-state index in [4.69, 9.17) is 0 Å². The molecule has 1 fully saturated rings. The molecule has 0 radical (unpaired) electrons. The van der Waals surface area contributed by atoms with Gasteiger partial charge in [-0.25, -0.2) is 8.42 Å². The second-order valence-electron chi connectivity index (χ2n) is 6.53. The van der Waals surface area contributed by atoms with E-state index in [1.165, 1.54) is 15.2 Å². The third-order valence-corrected chi connectivity index (χ3v) is 7.47. The first-order valence-electron chi connectivity index (χ1n) is 8.90. The fourth-order valence-corrected chi connectivity index (χ4v) is 5.36. The van der Waals surface area contributed by atoms with E-state index in [1.807, 2.05) is 24.4 Å². The summed E-state index contributed by atoms with van der Waals surface area (Å²) in [6, 6.07) is 8.85. The molecule has 1 amide bonds. The molecule has 1 aliphatic rings. The number of sulfonamides is 1. The highest BCUT2D eigenvalue weighted by Gasteiger charge is 2.27. The number of carbonyl (C=O) groups is 1. The molecule has 1 saturated heterocycles. The first kappa shape index (κ1) is 19.1. The summed E-state index contributed by atoms with van der Waals surface area (Å²) in [5.41, 5.74) is 1.20. The van der Waals surface area contributed by atoms with Crippen molar-refractivity contribution in [1.82, 2.24) is 9.62 Å². The number of aryl methyl sites for hydroxylation is 1. The molecule has 0 unspecified atom stereocenters. The highest BCUT2D eigenvalue weighted by Crippen LogP contribution is 2.23. The fraction of sp³-hybridized carbons (Fsp3) is 0.421. The van der Waals surface area contributed by atoms with Crippen LogP contribution in [0.25, 0.3) is 0 Å². The van der Waals surface area contributed by atoms with Gasteiger partial charge in [0.1, 0.15) is 0 Å². The van der Waals surface area contributed by atoms with Gasteiger partial charge in [0.25, 0.3) is 5.91 Å². The Morgan fingerprint density at radius 3 is 2.65 bits per heavy atom. The second-order valence-corrected chi connectivity index (χ2v) is 9.50. The van der Waals surface area contributed by atoms with Gasteiger partial charge in [-0.1, -0.05) is 18.6 Å². The molecule has 1 aliphatic heterocycles. The van der Waals surface area contributed by atoms with Crippen LogP contribution in [-0.2, 0) is 16.4 Å². The maximum atomic E-state index is 12.8. The summed E-state index contributed by atoms with van der Waals surface area (Å²) in [4.78, 5) is 13.9. The topological polar surface area (TPSA) is 66.5 Å². The Hall–Kier alpha value is -1.70. The summed E-state index contributed by atoms with van der Waals surface area (Å²) in [6.45, 7) is 3.46. The maximum Gasteiger partial charge on any atom is 0.251 e. The number of nitrogens with zero attached hydrogens (tertiary/aromatic N) is 1. The third kappa shape index (κ3) is 4.34. The number of amides is 1. The third-order valence-electron chi connectivity index (χ3n) is 4.64. The molecule has 1 aromatic carbocycles. The Bertz CT molecular complexity index is 855. The van der Waals surface area contributed by atoms with Crippen LogP contribution in [0.1, 0.15) is 40.1 Å². The molecule has 2 heterocycles. The van der Waals surface area contributed by atoms with Crippen molar-refractivity contribution in [2.24, 2.45) is 0 Å². The fourth-order valence-electron chi connectivity index (χ4n) is 3.11. The number of piperidine rings is 1. The second kappa shape index (κ2) is 8.33. The van der Waals surface area contributed by atoms with Crippen molar-refractivity contribution in [2.45, 2.75) is 37.5 Å². The van der Waals surface area contributed by atoms with Gasteiger partial charge in [0.05, 0.1) is 4.90 Å². The zero-order valence-electron chi connectivity index (χ0n) is 14.9. The van der Waals surface area contributed by atoms with Crippen molar-refractivity contribution in [1.29, 1.82) is 0 Å². The SMILES string of the molecule is Cc1ccc(S(=O)(=O)N2CCCCC2)cc1C(=O)NCCc1cccs1. The van der Waals surface area contributed by atoms with Crippen molar-refractivity contribution in [3.05, 3.63) is 51.7 Å². The van der Waals surface area contributed by atoms with Crippen molar-refractivity contribution in [2.75, 3.05) is 19.6 Å². The van der Waals surface area contributed by atoms with Crippen LogP contribution in [0.15, 0.2) is 40.6 Å². The van der Waals surface area contributed by atoms with E-state index in [1.54, 1.807) is 23.5 Å². The highest BCUT2D eigenvalue weighted by atomic mass is 32.2. The van der Waals surface area contributed by atoms with Crippen LogP contribution in [0.2, 0.25) is 0 Å². The molecule has 0 atom stereocenters. The summed E-state index contributed by atoms with van der Waals surface area (Å²) in [6.07, 6.45) is 3.62. The summed E-state index contributed by atoms with van der Waals surface area (Å²) in [5.74, 6) is -0.227. The lowest BCUT2D eigenvalue weighted by Crippen LogP contribution is -2.35. The van der Waals surface area contributed by atoms with E-state index in [9.17, 15) is 13.2 Å². The molecule has 2 aromatic rings. The standard InChI is InChI=1S/C19H24N2O3S2/c1-15-7-8-17(26(23,24)21-11-3-2-4-12-21)14-18(15)19(22)20-10-9-16-6-5-13-25-16/h5-8,13-14H,2-4,9-12H2,1H3,(H,20,22). The van der Waals surface area contributed by atoms with Gasteiger partial charge in [0, 0.05) is 30.1 Å². The molecule has 7 heteroatoms. The number of rotatable bonds is 6. The first-order valence-corrected chi connectivity index (χ1v) is 11.2. The van der Waals surface area contributed by atoms with Crippen LogP contribution >= 0.6 is 11.3 Å². The Morgan fingerprint density at radius 1 is 1.19 bits per heavy atom. The Labute approximate surface area is 159 Å². The quantitative estimate of drug-likeness (QED) is 0.821. The molecule has 0 bridgehead atoms. The van der Waals surface area contributed by atoms with Crippen LogP contribution in [0, 0.1) is 6.92 Å². The number of benzene rings is 1. The number of hydrogen-bond donors (Lipinski definition) is 1. The summed E-state index contributed by atoms with van der Waals surface area (Å²) in [7, 11) is -3.54. The van der Waals surface area contributed by atoms with Gasteiger partial charge in [-0.05, 0) is 55.3 Å². The average molecular weight is 393 g/mol. The minimum absolute atomic E-state index is 0.202. The van der Waals surface area contributed by atoms with Gasteiger partial charge in [-0.3, -0.25) is 4.79 Å². The van der Waals surface area contributed by atoms with E-state index in [0.717, 1.165) is 31.2 Å². The van der Waals surface area contributed by atoms with Gasteiger partial charge in [0.2, 0.25) is 10.0 Å². The van der Waals surface area contributed by atoms with Crippen molar-refractivity contribution >= 4 is 27.3 Å².